The fraction of sp³-hybridized carbons (Fsp3) is 0.0714. The summed E-state index contributed by atoms with van der Waals surface area (Å²) >= 11 is 6.28. The number of hydrogen-bond acceptors (Lipinski definition) is 3. The predicted molar refractivity (Wildman–Crippen MR) is 81.8 cm³/mol. The minimum atomic E-state index is -0.268. The van der Waals surface area contributed by atoms with Crippen LogP contribution < -0.4 is 0 Å². The van der Waals surface area contributed by atoms with E-state index in [-0.39, 0.29) is 11.6 Å². The third-order valence-corrected chi connectivity index (χ3v) is 5.55. The van der Waals surface area contributed by atoms with Gasteiger partial charge in [-0.15, -0.1) is 22.7 Å². The zero-order chi connectivity index (χ0) is 13.4. The Kier molecular flexibility index (Phi) is 3.52. The van der Waals surface area contributed by atoms with Gasteiger partial charge in [-0.2, -0.15) is 0 Å². The molecular formula is C14H8BrFOS2. The highest BCUT2D eigenvalue weighted by Gasteiger charge is 2.12. The van der Waals surface area contributed by atoms with Gasteiger partial charge >= 0.3 is 0 Å². The van der Waals surface area contributed by atoms with Crippen molar-refractivity contribution in [3.63, 3.8) is 0 Å². The summed E-state index contributed by atoms with van der Waals surface area (Å²) in [5.41, 5.74) is 0. The molecular weight excluding hydrogens is 347 g/mol. The van der Waals surface area contributed by atoms with Crippen molar-refractivity contribution < 1.29 is 9.18 Å². The van der Waals surface area contributed by atoms with Gasteiger partial charge in [0.1, 0.15) is 5.82 Å². The van der Waals surface area contributed by atoms with Gasteiger partial charge in [0.25, 0.3) is 0 Å². The standard InChI is InChI=1S/C14H8BrFOS2/c15-9-4-11(18-7-9)6-12(17)14-3-8-1-2-10(16)5-13(8)19-14/h1-5,7H,6H2. The Hall–Kier alpha value is -1.04. The molecule has 0 aliphatic heterocycles. The molecule has 0 spiro atoms. The lowest BCUT2D eigenvalue weighted by atomic mass is 10.2. The first-order chi connectivity index (χ1) is 9.11. The number of rotatable bonds is 3. The number of halogens is 2. The number of fused-ring (bicyclic) bond motifs is 1. The van der Waals surface area contributed by atoms with Crippen molar-refractivity contribution in [2.45, 2.75) is 6.42 Å². The molecule has 3 rings (SSSR count). The second-order valence-electron chi connectivity index (χ2n) is 4.12. The van der Waals surface area contributed by atoms with Crippen molar-refractivity contribution >= 4 is 54.5 Å². The summed E-state index contributed by atoms with van der Waals surface area (Å²) in [6.07, 6.45) is 0.394. The molecule has 1 nitrogen and oxygen atoms in total. The van der Waals surface area contributed by atoms with Crippen LogP contribution in [0.3, 0.4) is 0 Å². The molecule has 5 heteroatoms. The molecule has 2 heterocycles. The molecule has 0 saturated carbocycles. The molecule has 2 aromatic heterocycles. The van der Waals surface area contributed by atoms with E-state index in [1.807, 2.05) is 17.5 Å². The Balaban J connectivity index is 1.89. The summed E-state index contributed by atoms with van der Waals surface area (Å²) in [5, 5.41) is 2.88. The Morgan fingerprint density at radius 3 is 2.84 bits per heavy atom. The van der Waals surface area contributed by atoms with E-state index in [0.29, 0.717) is 11.3 Å². The van der Waals surface area contributed by atoms with E-state index in [1.54, 1.807) is 17.4 Å². The molecule has 0 aliphatic carbocycles. The largest absolute Gasteiger partial charge is 0.293 e. The molecule has 0 aliphatic rings. The van der Waals surface area contributed by atoms with Crippen LogP contribution in [0, 0.1) is 5.82 Å². The summed E-state index contributed by atoms with van der Waals surface area (Å²) < 4.78 is 14.9. The summed E-state index contributed by atoms with van der Waals surface area (Å²) in [5.74, 6) is -0.188. The minimum absolute atomic E-state index is 0.0796. The van der Waals surface area contributed by atoms with Gasteiger partial charge in [0.2, 0.25) is 0 Å². The minimum Gasteiger partial charge on any atom is -0.293 e. The van der Waals surface area contributed by atoms with Gasteiger partial charge in [-0.25, -0.2) is 4.39 Å². The molecule has 19 heavy (non-hydrogen) atoms. The zero-order valence-corrected chi connectivity index (χ0v) is 12.9. The van der Waals surface area contributed by atoms with Crippen LogP contribution in [0.25, 0.3) is 10.1 Å². The maximum absolute atomic E-state index is 13.1. The van der Waals surface area contributed by atoms with Crippen LogP contribution in [0.5, 0.6) is 0 Å². The van der Waals surface area contributed by atoms with E-state index in [9.17, 15) is 9.18 Å². The lowest BCUT2D eigenvalue weighted by Crippen LogP contribution is -1.98. The predicted octanol–water partition coefficient (Wildman–Crippen LogP) is 5.29. The monoisotopic (exact) mass is 354 g/mol. The van der Waals surface area contributed by atoms with Crippen molar-refractivity contribution in [3.8, 4) is 0 Å². The number of hydrogen-bond donors (Lipinski definition) is 0. The zero-order valence-electron chi connectivity index (χ0n) is 9.65. The van der Waals surface area contributed by atoms with Gasteiger partial charge in [0.05, 0.1) is 4.88 Å². The molecule has 0 amide bonds. The van der Waals surface area contributed by atoms with Crippen molar-refractivity contribution in [2.24, 2.45) is 0 Å². The third-order valence-electron chi connectivity index (χ3n) is 2.71. The van der Waals surface area contributed by atoms with Gasteiger partial charge in [-0.1, -0.05) is 6.07 Å². The van der Waals surface area contributed by atoms with Crippen molar-refractivity contribution in [3.05, 3.63) is 55.8 Å². The first-order valence-electron chi connectivity index (χ1n) is 5.57. The fourth-order valence-electron chi connectivity index (χ4n) is 1.83. The van der Waals surface area contributed by atoms with Crippen LogP contribution in [0.15, 0.2) is 40.2 Å². The molecule has 0 unspecified atom stereocenters. The number of carbonyl (C=O) groups excluding carboxylic acids is 1. The fourth-order valence-corrected chi connectivity index (χ4v) is 4.31. The smallest absolute Gasteiger partial charge is 0.178 e. The summed E-state index contributed by atoms with van der Waals surface area (Å²) in [6, 6.07) is 8.39. The van der Waals surface area contributed by atoms with Crippen LogP contribution in [-0.2, 0) is 6.42 Å². The average molecular weight is 355 g/mol. The number of thiophene rings is 2. The number of carbonyl (C=O) groups is 1. The lowest BCUT2D eigenvalue weighted by Gasteiger charge is -1.93. The summed E-state index contributed by atoms with van der Waals surface area (Å²) in [4.78, 5) is 13.9. The van der Waals surface area contributed by atoms with Crippen molar-refractivity contribution in [1.29, 1.82) is 0 Å². The van der Waals surface area contributed by atoms with Crippen molar-refractivity contribution in [2.75, 3.05) is 0 Å². The highest BCUT2D eigenvalue weighted by Crippen LogP contribution is 2.28. The van der Waals surface area contributed by atoms with Crippen LogP contribution in [0.4, 0.5) is 4.39 Å². The molecule has 0 saturated heterocycles. The van der Waals surface area contributed by atoms with Crippen molar-refractivity contribution in [1.82, 2.24) is 0 Å². The highest BCUT2D eigenvalue weighted by molar-refractivity contribution is 9.10. The van der Waals surface area contributed by atoms with E-state index in [4.69, 9.17) is 0 Å². The number of ketones is 1. The molecule has 3 aromatic rings. The Labute approximate surface area is 125 Å². The van der Waals surface area contributed by atoms with Gasteiger partial charge in [0, 0.05) is 25.9 Å². The first-order valence-corrected chi connectivity index (χ1v) is 8.06. The summed E-state index contributed by atoms with van der Waals surface area (Å²) in [6.45, 7) is 0. The molecule has 0 fully saturated rings. The topological polar surface area (TPSA) is 17.1 Å². The maximum atomic E-state index is 13.1. The van der Waals surface area contributed by atoms with Gasteiger partial charge in [-0.3, -0.25) is 4.79 Å². The lowest BCUT2D eigenvalue weighted by molar-refractivity contribution is 0.0997. The highest BCUT2D eigenvalue weighted by atomic mass is 79.9. The van der Waals surface area contributed by atoms with Crippen LogP contribution in [-0.4, -0.2) is 5.78 Å². The average Bonchev–Trinajstić information content (AvgIpc) is 2.95. The van der Waals surface area contributed by atoms with E-state index in [0.717, 1.165) is 19.4 Å². The number of Topliss-reactive ketones (excluding diaryl/α,β-unsaturated/α-hetero) is 1. The molecule has 96 valence electrons. The van der Waals surface area contributed by atoms with Gasteiger partial charge < -0.3 is 0 Å². The Morgan fingerprint density at radius 1 is 1.26 bits per heavy atom. The van der Waals surface area contributed by atoms with Gasteiger partial charge in [-0.05, 0) is 45.6 Å². The number of benzene rings is 1. The van der Waals surface area contributed by atoms with E-state index < -0.39 is 0 Å². The normalized spacial score (nSPS) is 11.1. The third kappa shape index (κ3) is 2.78. The molecule has 1 aromatic carbocycles. The Morgan fingerprint density at radius 2 is 2.11 bits per heavy atom. The Bertz CT molecular complexity index is 760. The molecule has 0 radical (unpaired) electrons. The van der Waals surface area contributed by atoms with Crippen LogP contribution in [0.1, 0.15) is 14.5 Å². The first kappa shape index (κ1) is 13.0. The maximum Gasteiger partial charge on any atom is 0.178 e. The van der Waals surface area contributed by atoms with E-state index in [2.05, 4.69) is 15.9 Å². The quantitative estimate of drug-likeness (QED) is 0.584. The summed E-state index contributed by atoms with van der Waals surface area (Å²) in [7, 11) is 0. The second-order valence-corrected chi connectivity index (χ2v) is 7.12. The van der Waals surface area contributed by atoms with Crippen LogP contribution >= 0.6 is 38.6 Å². The molecule has 0 atom stereocenters. The second kappa shape index (κ2) is 5.15. The van der Waals surface area contributed by atoms with E-state index >= 15 is 0 Å². The van der Waals surface area contributed by atoms with Crippen LogP contribution in [0.2, 0.25) is 0 Å². The molecule has 0 bridgehead atoms. The SMILES string of the molecule is O=C(Cc1cc(Br)cs1)c1cc2ccc(F)cc2s1. The van der Waals surface area contributed by atoms with Gasteiger partial charge in [0.15, 0.2) is 5.78 Å². The molecule has 0 N–H and O–H groups in total. The van der Waals surface area contributed by atoms with E-state index in [1.165, 1.54) is 23.5 Å².